The number of hydrogen-bond acceptors (Lipinski definition) is 5. The van der Waals surface area contributed by atoms with Gasteiger partial charge in [-0.05, 0) is 12.1 Å². The Morgan fingerprint density at radius 3 is 2.62 bits per heavy atom. The summed E-state index contributed by atoms with van der Waals surface area (Å²) < 4.78 is 45.3. The monoisotopic (exact) mass is 308 g/mol. The predicted molar refractivity (Wildman–Crippen MR) is 64.2 cm³/mol. The van der Waals surface area contributed by atoms with Crippen LogP contribution in [0.15, 0.2) is 18.2 Å². The van der Waals surface area contributed by atoms with E-state index in [1.807, 2.05) is 0 Å². The molecule has 0 aliphatic carbocycles. The number of alkyl halides is 3. The number of benzene rings is 1. The Balaban J connectivity index is 2.67. The summed E-state index contributed by atoms with van der Waals surface area (Å²) in [5.41, 5.74) is -0.460. The van der Waals surface area contributed by atoms with Crippen LogP contribution in [0, 0.1) is 10.1 Å². The molecule has 1 rings (SSSR count). The molecule has 7 nitrogen and oxygen atoms in total. The zero-order chi connectivity index (χ0) is 16.0. The van der Waals surface area contributed by atoms with Gasteiger partial charge in [0.2, 0.25) is 0 Å². The SMILES string of the molecule is COc1ccc(OCC(=O)NCC(F)(F)F)c([N+](=O)[O-])c1. The first-order valence-corrected chi connectivity index (χ1v) is 5.51. The van der Waals surface area contributed by atoms with Crippen LogP contribution in [0.4, 0.5) is 18.9 Å². The van der Waals surface area contributed by atoms with Crippen LogP contribution in [0.5, 0.6) is 11.5 Å². The van der Waals surface area contributed by atoms with Gasteiger partial charge in [0.05, 0.1) is 18.1 Å². The highest BCUT2D eigenvalue weighted by Gasteiger charge is 2.28. The fourth-order valence-electron chi connectivity index (χ4n) is 1.28. The van der Waals surface area contributed by atoms with Gasteiger partial charge in [-0.2, -0.15) is 13.2 Å². The van der Waals surface area contributed by atoms with Crippen molar-refractivity contribution in [3.63, 3.8) is 0 Å². The van der Waals surface area contributed by atoms with E-state index in [1.54, 1.807) is 5.32 Å². The van der Waals surface area contributed by atoms with Crippen molar-refractivity contribution >= 4 is 11.6 Å². The van der Waals surface area contributed by atoms with Crippen molar-refractivity contribution < 1.29 is 32.4 Å². The van der Waals surface area contributed by atoms with Gasteiger partial charge in [0.1, 0.15) is 12.3 Å². The van der Waals surface area contributed by atoms with Gasteiger partial charge in [-0.15, -0.1) is 0 Å². The van der Waals surface area contributed by atoms with E-state index in [0.717, 1.165) is 6.07 Å². The molecule has 21 heavy (non-hydrogen) atoms. The van der Waals surface area contributed by atoms with Crippen LogP contribution in [0.1, 0.15) is 0 Å². The number of nitrogens with one attached hydrogen (secondary N) is 1. The molecule has 0 bridgehead atoms. The van der Waals surface area contributed by atoms with Crippen molar-refractivity contribution in [2.75, 3.05) is 20.3 Å². The second-order valence-electron chi connectivity index (χ2n) is 3.77. The summed E-state index contributed by atoms with van der Waals surface area (Å²) in [6, 6.07) is 3.62. The average molecular weight is 308 g/mol. The van der Waals surface area contributed by atoms with Gasteiger partial charge in [-0.1, -0.05) is 0 Å². The van der Waals surface area contributed by atoms with Gasteiger partial charge >= 0.3 is 11.9 Å². The highest BCUT2D eigenvalue weighted by atomic mass is 19.4. The number of carbonyl (C=O) groups excluding carboxylic acids is 1. The molecule has 0 atom stereocenters. The van der Waals surface area contributed by atoms with E-state index in [2.05, 4.69) is 0 Å². The van der Waals surface area contributed by atoms with Crippen LogP contribution in [0.25, 0.3) is 0 Å². The minimum Gasteiger partial charge on any atom is -0.496 e. The molecule has 0 aromatic heterocycles. The zero-order valence-electron chi connectivity index (χ0n) is 10.8. The Hall–Kier alpha value is -2.52. The fourth-order valence-corrected chi connectivity index (χ4v) is 1.28. The summed E-state index contributed by atoms with van der Waals surface area (Å²) in [5, 5.41) is 12.4. The lowest BCUT2D eigenvalue weighted by molar-refractivity contribution is -0.385. The van der Waals surface area contributed by atoms with E-state index in [4.69, 9.17) is 9.47 Å². The molecule has 0 saturated carbocycles. The van der Waals surface area contributed by atoms with E-state index in [0.29, 0.717) is 0 Å². The number of methoxy groups -OCH3 is 1. The van der Waals surface area contributed by atoms with Crippen LogP contribution in [0.3, 0.4) is 0 Å². The third kappa shape index (κ3) is 5.55. The van der Waals surface area contributed by atoms with Crippen LogP contribution >= 0.6 is 0 Å². The maximum atomic E-state index is 11.9. The van der Waals surface area contributed by atoms with Gasteiger partial charge in [-0.25, -0.2) is 0 Å². The van der Waals surface area contributed by atoms with Crippen molar-refractivity contribution in [2.45, 2.75) is 6.18 Å². The number of carbonyl (C=O) groups is 1. The summed E-state index contributed by atoms with van der Waals surface area (Å²) in [4.78, 5) is 21.2. The topological polar surface area (TPSA) is 90.7 Å². The number of hydrogen-bond donors (Lipinski definition) is 1. The Morgan fingerprint density at radius 1 is 1.43 bits per heavy atom. The Labute approximate surface area is 116 Å². The van der Waals surface area contributed by atoms with E-state index >= 15 is 0 Å². The zero-order valence-corrected chi connectivity index (χ0v) is 10.8. The minimum absolute atomic E-state index is 0.204. The molecular formula is C11H11F3N2O5. The number of nitro benzene ring substituents is 1. The van der Waals surface area contributed by atoms with Crippen molar-refractivity contribution in [1.82, 2.24) is 5.32 Å². The first-order chi connectivity index (χ1) is 9.73. The number of nitrogens with zero attached hydrogens (tertiary/aromatic N) is 1. The highest BCUT2D eigenvalue weighted by molar-refractivity contribution is 5.77. The first kappa shape index (κ1) is 16.5. The number of halogens is 3. The molecule has 0 unspecified atom stereocenters. The second-order valence-corrected chi connectivity index (χ2v) is 3.77. The second kappa shape index (κ2) is 6.77. The molecule has 0 aliphatic heterocycles. The molecule has 1 N–H and O–H groups in total. The Kier molecular flexibility index (Phi) is 5.33. The summed E-state index contributed by atoms with van der Waals surface area (Å²) in [5.74, 6) is -1.09. The molecule has 0 fully saturated rings. The maximum absolute atomic E-state index is 11.9. The lowest BCUT2D eigenvalue weighted by Crippen LogP contribution is -2.36. The summed E-state index contributed by atoms with van der Waals surface area (Å²) >= 11 is 0. The standard InChI is InChI=1S/C11H11F3N2O5/c1-20-7-2-3-9(8(4-7)16(18)19)21-5-10(17)15-6-11(12,13)14/h2-4H,5-6H2,1H3,(H,15,17). The van der Waals surface area contributed by atoms with Crippen LogP contribution in [0.2, 0.25) is 0 Å². The largest absolute Gasteiger partial charge is 0.496 e. The van der Waals surface area contributed by atoms with Crippen LogP contribution < -0.4 is 14.8 Å². The van der Waals surface area contributed by atoms with Gasteiger partial charge in [0.25, 0.3) is 5.91 Å². The third-order valence-electron chi connectivity index (χ3n) is 2.21. The lowest BCUT2D eigenvalue weighted by atomic mass is 10.3. The normalized spacial score (nSPS) is 10.9. The molecule has 0 spiro atoms. The van der Waals surface area contributed by atoms with Gasteiger partial charge in [0.15, 0.2) is 12.4 Å². The minimum atomic E-state index is -4.54. The Bertz CT molecular complexity index is 533. The first-order valence-electron chi connectivity index (χ1n) is 5.51. The molecule has 0 heterocycles. The van der Waals surface area contributed by atoms with Crippen LogP contribution in [-0.2, 0) is 4.79 Å². The van der Waals surface area contributed by atoms with Gasteiger partial charge in [-0.3, -0.25) is 14.9 Å². The molecule has 1 aromatic rings. The average Bonchev–Trinajstić information content (AvgIpc) is 2.41. The molecular weight excluding hydrogens is 297 g/mol. The van der Waals surface area contributed by atoms with Crippen molar-refractivity contribution in [2.24, 2.45) is 0 Å². The van der Waals surface area contributed by atoms with Gasteiger partial charge < -0.3 is 14.8 Å². The van der Waals surface area contributed by atoms with E-state index in [-0.39, 0.29) is 11.5 Å². The number of amides is 1. The smallest absolute Gasteiger partial charge is 0.405 e. The molecule has 116 valence electrons. The Morgan fingerprint density at radius 2 is 2.10 bits per heavy atom. The third-order valence-corrected chi connectivity index (χ3v) is 2.21. The number of ether oxygens (including phenoxy) is 2. The van der Waals surface area contributed by atoms with Crippen molar-refractivity contribution in [3.8, 4) is 11.5 Å². The molecule has 10 heteroatoms. The van der Waals surface area contributed by atoms with E-state index in [1.165, 1.54) is 19.2 Å². The quantitative estimate of drug-likeness (QED) is 0.637. The fraction of sp³-hybridized carbons (Fsp3) is 0.364. The molecule has 0 aliphatic rings. The molecule has 0 radical (unpaired) electrons. The highest BCUT2D eigenvalue weighted by Crippen LogP contribution is 2.30. The predicted octanol–water partition coefficient (Wildman–Crippen LogP) is 1.66. The molecule has 1 amide bonds. The summed E-state index contributed by atoms with van der Waals surface area (Å²) in [6.07, 6.45) is -4.54. The lowest BCUT2D eigenvalue weighted by Gasteiger charge is -2.10. The summed E-state index contributed by atoms with van der Waals surface area (Å²) in [6.45, 7) is -2.27. The molecule has 1 aromatic carbocycles. The van der Waals surface area contributed by atoms with E-state index < -0.39 is 35.8 Å². The van der Waals surface area contributed by atoms with Gasteiger partial charge in [0, 0.05) is 0 Å². The van der Waals surface area contributed by atoms with Crippen molar-refractivity contribution in [3.05, 3.63) is 28.3 Å². The maximum Gasteiger partial charge on any atom is 0.405 e. The van der Waals surface area contributed by atoms with E-state index in [9.17, 15) is 28.1 Å². The van der Waals surface area contributed by atoms with Crippen LogP contribution in [-0.4, -0.2) is 37.3 Å². The van der Waals surface area contributed by atoms with Crippen molar-refractivity contribution in [1.29, 1.82) is 0 Å². The number of nitro groups is 1. The number of rotatable bonds is 6. The molecule has 0 saturated heterocycles. The summed E-state index contributed by atoms with van der Waals surface area (Å²) in [7, 11) is 1.31.